The number of carbonyl (C=O) groups is 1. The first-order valence-corrected chi connectivity index (χ1v) is 10.9. The number of nitrogens with zero attached hydrogens (tertiary/aromatic N) is 1. The van der Waals surface area contributed by atoms with Crippen LogP contribution in [0.1, 0.15) is 59.3 Å². The highest BCUT2D eigenvalue weighted by molar-refractivity contribution is 7.18. The Kier molecular flexibility index (Phi) is 5.30. The van der Waals surface area contributed by atoms with Gasteiger partial charge in [-0.1, -0.05) is 25.1 Å². The number of aromatic amines is 1. The molecule has 0 saturated heterocycles. The molecule has 0 radical (unpaired) electrons. The average Bonchev–Trinajstić information content (AvgIpc) is 3.02. The summed E-state index contributed by atoms with van der Waals surface area (Å²) in [6.07, 6.45) is 2.63. The number of benzene rings is 1. The molecule has 0 saturated carbocycles. The van der Waals surface area contributed by atoms with Crippen molar-refractivity contribution in [1.82, 2.24) is 9.97 Å². The molecule has 2 heterocycles. The smallest absolute Gasteiger partial charge is 0.310 e. The molecule has 0 unspecified atom stereocenters. The van der Waals surface area contributed by atoms with Crippen molar-refractivity contribution in [1.29, 1.82) is 0 Å². The molecule has 1 aliphatic rings. The van der Waals surface area contributed by atoms with Crippen molar-refractivity contribution >= 4 is 27.5 Å². The zero-order valence-electron chi connectivity index (χ0n) is 17.3. The minimum Gasteiger partial charge on any atom is -0.454 e. The second kappa shape index (κ2) is 7.75. The largest absolute Gasteiger partial charge is 0.454 e. The number of nitrogens with one attached hydrogen (secondary N) is 1. The van der Waals surface area contributed by atoms with Gasteiger partial charge in [-0.2, -0.15) is 0 Å². The molecule has 2 atom stereocenters. The lowest BCUT2D eigenvalue weighted by molar-refractivity contribution is -0.148. The summed E-state index contributed by atoms with van der Waals surface area (Å²) in [5, 5.41) is 0.717. The molecular formula is C23H26N2O3S. The van der Waals surface area contributed by atoms with Crippen LogP contribution in [0.3, 0.4) is 0 Å². The number of hydrogen-bond acceptors (Lipinski definition) is 5. The van der Waals surface area contributed by atoms with Gasteiger partial charge in [0.25, 0.3) is 5.56 Å². The molecule has 0 aliphatic heterocycles. The Balaban J connectivity index is 1.53. The number of ether oxygens (including phenoxy) is 1. The molecular weight excluding hydrogens is 384 g/mol. The highest BCUT2D eigenvalue weighted by atomic mass is 32.1. The van der Waals surface area contributed by atoms with Gasteiger partial charge in [0.1, 0.15) is 4.83 Å². The van der Waals surface area contributed by atoms with Gasteiger partial charge in [-0.3, -0.25) is 9.59 Å². The topological polar surface area (TPSA) is 72.0 Å². The van der Waals surface area contributed by atoms with Crippen molar-refractivity contribution < 1.29 is 9.53 Å². The van der Waals surface area contributed by atoms with Crippen molar-refractivity contribution in [3.8, 4) is 0 Å². The Morgan fingerprint density at radius 3 is 2.90 bits per heavy atom. The predicted molar refractivity (Wildman–Crippen MR) is 116 cm³/mol. The molecule has 29 heavy (non-hydrogen) atoms. The first-order valence-electron chi connectivity index (χ1n) is 10.1. The first kappa shape index (κ1) is 19.8. The highest BCUT2D eigenvalue weighted by Crippen LogP contribution is 2.36. The highest BCUT2D eigenvalue weighted by Gasteiger charge is 2.24. The van der Waals surface area contributed by atoms with E-state index in [-0.39, 0.29) is 17.9 Å². The van der Waals surface area contributed by atoms with E-state index in [1.165, 1.54) is 10.4 Å². The van der Waals surface area contributed by atoms with E-state index in [4.69, 9.17) is 4.74 Å². The minimum absolute atomic E-state index is 0.130. The van der Waals surface area contributed by atoms with Crippen LogP contribution in [-0.2, 0) is 28.8 Å². The maximum Gasteiger partial charge on any atom is 0.310 e. The van der Waals surface area contributed by atoms with Crippen LogP contribution in [0.25, 0.3) is 10.2 Å². The van der Waals surface area contributed by atoms with Crippen LogP contribution in [0.15, 0.2) is 23.0 Å². The van der Waals surface area contributed by atoms with Gasteiger partial charge in [0.15, 0.2) is 11.9 Å². The lowest BCUT2D eigenvalue weighted by Crippen LogP contribution is -2.19. The van der Waals surface area contributed by atoms with E-state index in [9.17, 15) is 9.59 Å². The van der Waals surface area contributed by atoms with Gasteiger partial charge in [-0.25, -0.2) is 4.98 Å². The number of aromatic nitrogens is 2. The average molecular weight is 411 g/mol. The fourth-order valence-electron chi connectivity index (χ4n) is 3.93. The van der Waals surface area contributed by atoms with Crippen LogP contribution >= 0.6 is 11.3 Å². The number of carbonyl (C=O) groups excluding carboxylic acids is 1. The maximum absolute atomic E-state index is 12.7. The zero-order valence-corrected chi connectivity index (χ0v) is 18.1. The third-order valence-corrected chi connectivity index (χ3v) is 6.95. The number of rotatable bonds is 4. The molecule has 0 fully saturated rings. The summed E-state index contributed by atoms with van der Waals surface area (Å²) in [5.41, 5.74) is 4.29. The number of hydrogen-bond donors (Lipinski definition) is 1. The number of aryl methyl sites for hydroxylation is 3. The third kappa shape index (κ3) is 3.99. The van der Waals surface area contributed by atoms with Crippen LogP contribution in [-0.4, -0.2) is 15.9 Å². The summed E-state index contributed by atoms with van der Waals surface area (Å²) >= 11 is 1.60. The molecule has 0 amide bonds. The predicted octanol–water partition coefficient (Wildman–Crippen LogP) is 4.57. The molecule has 0 spiro atoms. The summed E-state index contributed by atoms with van der Waals surface area (Å²) in [7, 11) is 0. The van der Waals surface area contributed by atoms with E-state index in [1.54, 1.807) is 18.3 Å². The number of H-pyrrole nitrogens is 1. The van der Waals surface area contributed by atoms with Crippen molar-refractivity contribution in [2.75, 3.05) is 0 Å². The summed E-state index contributed by atoms with van der Waals surface area (Å²) in [4.78, 5) is 34.6. The monoisotopic (exact) mass is 410 g/mol. The zero-order chi connectivity index (χ0) is 20.7. The molecule has 6 heteroatoms. The van der Waals surface area contributed by atoms with E-state index < -0.39 is 6.10 Å². The van der Waals surface area contributed by atoms with Crippen LogP contribution < -0.4 is 5.56 Å². The lowest BCUT2D eigenvalue weighted by atomic mass is 9.89. The molecule has 3 aromatic rings. The quantitative estimate of drug-likeness (QED) is 0.640. The SMILES string of the molecule is Cc1ccc(CC(=O)O[C@@H](C)c2nc3sc4c(c3c(=O)[nH]2)CC[C@H](C)C4)cc1C. The molecule has 0 bridgehead atoms. The molecule has 4 rings (SSSR count). The molecule has 1 N–H and O–H groups in total. The van der Waals surface area contributed by atoms with E-state index >= 15 is 0 Å². The molecule has 1 aromatic carbocycles. The van der Waals surface area contributed by atoms with Crippen LogP contribution in [0, 0.1) is 19.8 Å². The van der Waals surface area contributed by atoms with E-state index in [0.29, 0.717) is 17.1 Å². The molecule has 5 nitrogen and oxygen atoms in total. The van der Waals surface area contributed by atoms with Crippen molar-refractivity contribution in [2.24, 2.45) is 5.92 Å². The lowest BCUT2D eigenvalue weighted by Gasteiger charge is -2.17. The van der Waals surface area contributed by atoms with Gasteiger partial charge in [0.05, 0.1) is 11.8 Å². The Labute approximate surface area is 174 Å². The van der Waals surface area contributed by atoms with Gasteiger partial charge >= 0.3 is 5.97 Å². The number of fused-ring (bicyclic) bond motifs is 3. The Hall–Kier alpha value is -2.47. The van der Waals surface area contributed by atoms with Crippen LogP contribution in [0.2, 0.25) is 0 Å². The second-order valence-corrected chi connectivity index (χ2v) is 9.29. The van der Waals surface area contributed by atoms with Crippen molar-refractivity contribution in [3.05, 3.63) is 61.5 Å². The number of thiophene rings is 1. The van der Waals surface area contributed by atoms with E-state index in [0.717, 1.165) is 40.8 Å². The maximum atomic E-state index is 12.7. The van der Waals surface area contributed by atoms with E-state index in [1.807, 2.05) is 32.0 Å². The summed E-state index contributed by atoms with van der Waals surface area (Å²) in [6, 6.07) is 5.95. The first-order chi connectivity index (χ1) is 13.8. The second-order valence-electron chi connectivity index (χ2n) is 8.21. The normalized spacial score (nSPS) is 17.2. The standard InChI is InChI=1S/C23H26N2O3S/c1-12-5-8-17-18(9-12)29-23-20(17)22(27)24-21(25-23)15(4)28-19(26)11-16-7-6-13(2)14(3)10-16/h6-7,10,12,15H,5,8-9,11H2,1-4H3,(H,24,25,27)/t12-,15-/m0/s1. The Bertz CT molecular complexity index is 1140. The summed E-state index contributed by atoms with van der Waals surface area (Å²) < 4.78 is 5.57. The fourth-order valence-corrected chi connectivity index (χ4v) is 5.32. The van der Waals surface area contributed by atoms with Crippen LogP contribution in [0.5, 0.6) is 0 Å². The Morgan fingerprint density at radius 1 is 1.34 bits per heavy atom. The van der Waals surface area contributed by atoms with Gasteiger partial charge in [-0.15, -0.1) is 11.3 Å². The minimum atomic E-state index is -0.607. The summed E-state index contributed by atoms with van der Waals surface area (Å²) in [6.45, 7) is 8.06. The fraction of sp³-hybridized carbons (Fsp3) is 0.435. The molecule has 1 aliphatic carbocycles. The van der Waals surface area contributed by atoms with Gasteiger partial charge < -0.3 is 9.72 Å². The summed E-state index contributed by atoms with van der Waals surface area (Å²) in [5.74, 6) is 0.713. The molecule has 2 aromatic heterocycles. The van der Waals surface area contributed by atoms with Crippen LogP contribution in [0.4, 0.5) is 0 Å². The van der Waals surface area contributed by atoms with Crippen molar-refractivity contribution in [3.63, 3.8) is 0 Å². The molecule has 152 valence electrons. The van der Waals surface area contributed by atoms with Gasteiger partial charge in [-0.05, 0) is 68.2 Å². The third-order valence-electron chi connectivity index (χ3n) is 5.80. The Morgan fingerprint density at radius 2 is 2.14 bits per heavy atom. The number of esters is 1. The van der Waals surface area contributed by atoms with Gasteiger partial charge in [0.2, 0.25) is 0 Å². The van der Waals surface area contributed by atoms with E-state index in [2.05, 4.69) is 16.9 Å². The van der Waals surface area contributed by atoms with Crippen molar-refractivity contribution in [2.45, 2.75) is 59.5 Å². The van der Waals surface area contributed by atoms with Gasteiger partial charge in [0, 0.05) is 4.88 Å².